The van der Waals surface area contributed by atoms with E-state index in [2.05, 4.69) is 42.0 Å². The van der Waals surface area contributed by atoms with Crippen molar-refractivity contribution in [1.29, 1.82) is 0 Å². The zero-order valence-corrected chi connectivity index (χ0v) is 13.6. The molecule has 2 N–H and O–H groups in total. The first-order chi connectivity index (χ1) is 8.57. The average molecular weight is 332 g/mol. The molecule has 1 unspecified atom stereocenters. The Hall–Kier alpha value is -0.450. The Bertz CT molecular complexity index is 406. The third kappa shape index (κ3) is 7.04. The second-order valence-electron chi connectivity index (χ2n) is 6.38. The molecule has 0 aliphatic rings. The van der Waals surface area contributed by atoms with Crippen molar-refractivity contribution in [2.45, 2.75) is 51.7 Å². The molecule has 0 saturated heterocycles. The molecular weight excluding hydrogens is 309 g/mol. The molecule has 0 fully saturated rings. The summed E-state index contributed by atoms with van der Waals surface area (Å²) in [6.45, 7) is 8.78. The van der Waals surface area contributed by atoms with Crippen LogP contribution in [0.4, 0.5) is 4.39 Å². The third-order valence-electron chi connectivity index (χ3n) is 2.83. The smallest absolute Gasteiger partial charge is 0.124 e. The molecule has 1 aromatic rings. The standard InChI is InChI=1S/C15H23BrFNO/c1-14(2,3)18-6-5-15(4,19)10-11-7-12(16)9-13(17)8-11/h7-9,18-19H,5-6,10H2,1-4H3. The lowest BCUT2D eigenvalue weighted by Crippen LogP contribution is -2.40. The van der Waals surface area contributed by atoms with Crippen LogP contribution >= 0.6 is 15.9 Å². The summed E-state index contributed by atoms with van der Waals surface area (Å²) in [5, 5.41) is 13.7. The van der Waals surface area contributed by atoms with Crippen molar-refractivity contribution in [3.8, 4) is 0 Å². The molecule has 0 radical (unpaired) electrons. The summed E-state index contributed by atoms with van der Waals surface area (Å²) in [5.74, 6) is -0.284. The molecule has 0 saturated carbocycles. The first-order valence-electron chi connectivity index (χ1n) is 6.50. The minimum atomic E-state index is -0.842. The molecule has 0 spiro atoms. The molecule has 4 heteroatoms. The maximum absolute atomic E-state index is 13.3. The van der Waals surface area contributed by atoms with Crippen LogP contribution in [0.2, 0.25) is 0 Å². The largest absolute Gasteiger partial charge is 0.390 e. The van der Waals surface area contributed by atoms with E-state index in [1.54, 1.807) is 6.92 Å². The number of halogens is 2. The molecule has 108 valence electrons. The van der Waals surface area contributed by atoms with E-state index in [9.17, 15) is 9.50 Å². The van der Waals surface area contributed by atoms with Crippen molar-refractivity contribution >= 4 is 15.9 Å². The van der Waals surface area contributed by atoms with Crippen molar-refractivity contribution in [2.75, 3.05) is 6.54 Å². The highest BCUT2D eigenvalue weighted by atomic mass is 79.9. The Labute approximate surface area is 123 Å². The topological polar surface area (TPSA) is 32.3 Å². The lowest BCUT2D eigenvalue weighted by Gasteiger charge is -2.27. The highest BCUT2D eigenvalue weighted by Crippen LogP contribution is 2.21. The summed E-state index contributed by atoms with van der Waals surface area (Å²) < 4.78 is 14.0. The fourth-order valence-corrected chi connectivity index (χ4v) is 2.46. The lowest BCUT2D eigenvalue weighted by atomic mass is 9.93. The van der Waals surface area contributed by atoms with Crippen LogP contribution in [-0.2, 0) is 6.42 Å². The summed E-state index contributed by atoms with van der Waals surface area (Å²) in [7, 11) is 0. The Morgan fingerprint density at radius 1 is 1.21 bits per heavy atom. The van der Waals surface area contributed by atoms with Gasteiger partial charge in [-0.2, -0.15) is 0 Å². The first-order valence-corrected chi connectivity index (χ1v) is 7.29. The molecule has 1 atom stereocenters. The van der Waals surface area contributed by atoms with E-state index < -0.39 is 5.60 Å². The molecule has 0 bridgehead atoms. The number of hydrogen-bond acceptors (Lipinski definition) is 2. The normalized spacial score (nSPS) is 15.3. The summed E-state index contributed by atoms with van der Waals surface area (Å²) >= 11 is 3.27. The van der Waals surface area contributed by atoms with Gasteiger partial charge in [0.25, 0.3) is 0 Å². The van der Waals surface area contributed by atoms with Crippen LogP contribution in [0.3, 0.4) is 0 Å². The quantitative estimate of drug-likeness (QED) is 0.862. The van der Waals surface area contributed by atoms with Gasteiger partial charge in [0.1, 0.15) is 5.82 Å². The van der Waals surface area contributed by atoms with Crippen molar-refractivity contribution < 1.29 is 9.50 Å². The number of aliphatic hydroxyl groups is 1. The highest BCUT2D eigenvalue weighted by Gasteiger charge is 2.22. The van der Waals surface area contributed by atoms with E-state index in [1.807, 2.05) is 6.07 Å². The van der Waals surface area contributed by atoms with Gasteiger partial charge in [-0.3, -0.25) is 0 Å². The van der Waals surface area contributed by atoms with Gasteiger partial charge in [-0.1, -0.05) is 15.9 Å². The van der Waals surface area contributed by atoms with Gasteiger partial charge in [0.15, 0.2) is 0 Å². The van der Waals surface area contributed by atoms with Crippen LogP contribution in [0, 0.1) is 5.82 Å². The SMILES string of the molecule is CC(O)(CCNC(C)(C)C)Cc1cc(F)cc(Br)c1. The summed E-state index contributed by atoms with van der Waals surface area (Å²) in [6, 6.07) is 4.73. The highest BCUT2D eigenvalue weighted by molar-refractivity contribution is 9.10. The number of hydrogen-bond donors (Lipinski definition) is 2. The Balaban J connectivity index is 2.58. The molecule has 2 nitrogen and oxygen atoms in total. The summed E-state index contributed by atoms with van der Waals surface area (Å²) in [4.78, 5) is 0. The molecule has 0 amide bonds. The van der Waals surface area contributed by atoms with Crippen LogP contribution in [-0.4, -0.2) is 22.8 Å². The molecule has 0 aliphatic heterocycles. The maximum atomic E-state index is 13.3. The zero-order chi connectivity index (χ0) is 14.7. The van der Waals surface area contributed by atoms with Gasteiger partial charge in [-0.05, 0) is 64.4 Å². The van der Waals surface area contributed by atoms with Gasteiger partial charge in [-0.25, -0.2) is 4.39 Å². The van der Waals surface area contributed by atoms with Gasteiger partial charge < -0.3 is 10.4 Å². The van der Waals surface area contributed by atoms with Crippen molar-refractivity contribution in [3.05, 3.63) is 34.1 Å². The second kappa shape index (κ2) is 6.33. The van der Waals surface area contributed by atoms with Crippen LogP contribution in [0.1, 0.15) is 39.7 Å². The number of rotatable bonds is 5. The Morgan fingerprint density at radius 3 is 2.37 bits per heavy atom. The van der Waals surface area contributed by atoms with Crippen LogP contribution in [0.15, 0.2) is 22.7 Å². The van der Waals surface area contributed by atoms with E-state index in [4.69, 9.17) is 0 Å². The predicted octanol–water partition coefficient (Wildman–Crippen LogP) is 3.66. The minimum absolute atomic E-state index is 0.0396. The molecule has 0 heterocycles. The van der Waals surface area contributed by atoms with Gasteiger partial charge in [0.2, 0.25) is 0 Å². The van der Waals surface area contributed by atoms with Gasteiger partial charge >= 0.3 is 0 Å². The maximum Gasteiger partial charge on any atom is 0.124 e. The molecule has 1 aromatic carbocycles. The van der Waals surface area contributed by atoms with E-state index in [0.717, 1.165) is 12.1 Å². The summed E-state index contributed by atoms with van der Waals surface area (Å²) in [6.07, 6.45) is 1.06. The molecule has 19 heavy (non-hydrogen) atoms. The fraction of sp³-hybridized carbons (Fsp3) is 0.600. The number of benzene rings is 1. The van der Waals surface area contributed by atoms with E-state index in [1.165, 1.54) is 12.1 Å². The van der Waals surface area contributed by atoms with Crippen molar-refractivity contribution in [1.82, 2.24) is 5.32 Å². The predicted molar refractivity (Wildman–Crippen MR) is 80.8 cm³/mol. The van der Waals surface area contributed by atoms with E-state index in [0.29, 0.717) is 17.3 Å². The molecule has 0 aromatic heterocycles. The fourth-order valence-electron chi connectivity index (χ4n) is 1.95. The molecule has 0 aliphatic carbocycles. The summed E-state index contributed by atoms with van der Waals surface area (Å²) in [5.41, 5.74) is -0.00340. The van der Waals surface area contributed by atoms with Gasteiger partial charge in [0.05, 0.1) is 5.60 Å². The monoisotopic (exact) mass is 331 g/mol. The molecule has 1 rings (SSSR count). The third-order valence-corrected chi connectivity index (χ3v) is 3.28. The van der Waals surface area contributed by atoms with E-state index >= 15 is 0 Å². The average Bonchev–Trinajstić information content (AvgIpc) is 2.11. The van der Waals surface area contributed by atoms with Crippen LogP contribution < -0.4 is 5.32 Å². The Kier molecular flexibility index (Phi) is 5.53. The van der Waals surface area contributed by atoms with Gasteiger partial charge in [0, 0.05) is 16.4 Å². The zero-order valence-electron chi connectivity index (χ0n) is 12.1. The number of nitrogens with one attached hydrogen (secondary N) is 1. The van der Waals surface area contributed by atoms with E-state index in [-0.39, 0.29) is 11.4 Å². The minimum Gasteiger partial charge on any atom is -0.390 e. The lowest BCUT2D eigenvalue weighted by molar-refractivity contribution is 0.0499. The van der Waals surface area contributed by atoms with Gasteiger partial charge in [-0.15, -0.1) is 0 Å². The van der Waals surface area contributed by atoms with Crippen LogP contribution in [0.5, 0.6) is 0 Å². The van der Waals surface area contributed by atoms with Crippen LogP contribution in [0.25, 0.3) is 0 Å². The van der Waals surface area contributed by atoms with Crippen molar-refractivity contribution in [2.24, 2.45) is 0 Å². The first kappa shape index (κ1) is 16.6. The Morgan fingerprint density at radius 2 is 1.84 bits per heavy atom. The van der Waals surface area contributed by atoms with Crippen molar-refractivity contribution in [3.63, 3.8) is 0 Å². The molecular formula is C15H23BrFNO. The second-order valence-corrected chi connectivity index (χ2v) is 7.29.